The van der Waals surface area contributed by atoms with Crippen LogP contribution in [0.3, 0.4) is 0 Å². The number of carbonyl (C=O) groups excluding carboxylic acids is 1. The summed E-state index contributed by atoms with van der Waals surface area (Å²) in [5.74, 6) is -1.55. The minimum atomic E-state index is -0.909. The summed E-state index contributed by atoms with van der Waals surface area (Å²) in [6.45, 7) is 3.44. The van der Waals surface area contributed by atoms with Crippen LogP contribution in [-0.4, -0.2) is 15.9 Å². The van der Waals surface area contributed by atoms with E-state index in [0.29, 0.717) is 16.6 Å². The Bertz CT molecular complexity index is 1040. The lowest BCUT2D eigenvalue weighted by Crippen LogP contribution is -2.41. The minimum absolute atomic E-state index is 0.105. The zero-order valence-corrected chi connectivity index (χ0v) is 14.9. The van der Waals surface area contributed by atoms with Crippen molar-refractivity contribution in [2.24, 2.45) is 0 Å². The monoisotopic (exact) mass is 381 g/mol. The molecular formula is C17H14ClF2N3OS. The Kier molecular flexibility index (Phi) is 4.38. The Balaban J connectivity index is 2.00. The van der Waals surface area contributed by atoms with Crippen molar-refractivity contribution in [2.45, 2.75) is 19.4 Å². The maximum atomic E-state index is 13.8. The van der Waals surface area contributed by atoms with E-state index in [1.807, 2.05) is 0 Å². The van der Waals surface area contributed by atoms with Crippen molar-refractivity contribution in [1.82, 2.24) is 15.3 Å². The first-order valence-corrected chi connectivity index (χ1v) is 8.15. The van der Waals surface area contributed by atoms with Gasteiger partial charge in [0, 0.05) is 5.02 Å². The third-order valence-electron chi connectivity index (χ3n) is 3.86. The minimum Gasteiger partial charge on any atom is -0.343 e. The van der Waals surface area contributed by atoms with Crippen molar-refractivity contribution >= 4 is 40.8 Å². The number of aromatic nitrogens is 2. The predicted molar refractivity (Wildman–Crippen MR) is 95.3 cm³/mol. The molecule has 0 spiro atoms. The van der Waals surface area contributed by atoms with Crippen LogP contribution in [0, 0.1) is 16.4 Å². The molecule has 0 unspecified atom stereocenters. The lowest BCUT2D eigenvalue weighted by molar-refractivity contribution is 0.0913. The fourth-order valence-electron chi connectivity index (χ4n) is 2.70. The molecule has 0 bridgehead atoms. The molecule has 0 radical (unpaired) electrons. The van der Waals surface area contributed by atoms with Gasteiger partial charge in [-0.25, -0.2) is 8.78 Å². The molecule has 3 N–H and O–H groups in total. The van der Waals surface area contributed by atoms with Gasteiger partial charge in [0.2, 0.25) is 0 Å². The van der Waals surface area contributed by atoms with Crippen molar-refractivity contribution < 1.29 is 13.6 Å². The summed E-state index contributed by atoms with van der Waals surface area (Å²) < 4.78 is 27.4. The second-order valence-electron chi connectivity index (χ2n) is 6.16. The molecule has 3 aromatic rings. The lowest BCUT2D eigenvalue weighted by Gasteiger charge is -2.28. The van der Waals surface area contributed by atoms with Gasteiger partial charge in [-0.05, 0) is 55.9 Å². The van der Waals surface area contributed by atoms with Gasteiger partial charge in [0.25, 0.3) is 5.91 Å². The molecular weight excluding hydrogens is 368 g/mol. The normalized spacial score (nSPS) is 11.7. The summed E-state index contributed by atoms with van der Waals surface area (Å²) in [5.41, 5.74) is 0.540. The standard InChI is InChI=1S/C17H14ClF2N3OS/c1-17(2,11-4-3-8(19)6-12(11)18)23-15(24)10-5-9(20)7-13-14(10)22-16(25)21-13/h3-7H,1-2H3,(H,23,24)(H2,21,22,25). The van der Waals surface area contributed by atoms with Crippen LogP contribution in [0.5, 0.6) is 0 Å². The number of imidazole rings is 1. The van der Waals surface area contributed by atoms with E-state index >= 15 is 0 Å². The molecule has 0 fully saturated rings. The molecule has 8 heteroatoms. The SMILES string of the molecule is CC(C)(NC(=O)c1cc(F)cc2[nH]c(=S)[nH]c12)c1ccc(F)cc1Cl. The van der Waals surface area contributed by atoms with Gasteiger partial charge in [-0.2, -0.15) is 0 Å². The van der Waals surface area contributed by atoms with Gasteiger partial charge in [0.15, 0.2) is 4.77 Å². The number of hydrogen-bond donors (Lipinski definition) is 3. The van der Waals surface area contributed by atoms with Crippen LogP contribution >= 0.6 is 23.8 Å². The molecule has 0 atom stereocenters. The van der Waals surface area contributed by atoms with Crippen LogP contribution in [0.4, 0.5) is 8.78 Å². The lowest BCUT2D eigenvalue weighted by atomic mass is 9.93. The van der Waals surface area contributed by atoms with E-state index in [2.05, 4.69) is 15.3 Å². The maximum Gasteiger partial charge on any atom is 0.254 e. The molecule has 0 saturated heterocycles. The summed E-state index contributed by atoms with van der Waals surface area (Å²) in [5, 5.41) is 2.99. The molecule has 3 rings (SSSR count). The molecule has 4 nitrogen and oxygen atoms in total. The zero-order valence-electron chi connectivity index (χ0n) is 13.3. The highest BCUT2D eigenvalue weighted by atomic mass is 35.5. The molecule has 0 aliphatic carbocycles. The second kappa shape index (κ2) is 6.24. The third kappa shape index (κ3) is 3.43. The van der Waals surface area contributed by atoms with E-state index in [9.17, 15) is 13.6 Å². The smallest absolute Gasteiger partial charge is 0.254 e. The van der Waals surface area contributed by atoms with Crippen molar-refractivity contribution in [1.29, 1.82) is 0 Å². The molecule has 0 saturated carbocycles. The van der Waals surface area contributed by atoms with Gasteiger partial charge < -0.3 is 15.3 Å². The summed E-state index contributed by atoms with van der Waals surface area (Å²) >= 11 is 11.1. The molecule has 130 valence electrons. The second-order valence-corrected chi connectivity index (χ2v) is 6.97. The highest BCUT2D eigenvalue weighted by molar-refractivity contribution is 7.71. The van der Waals surface area contributed by atoms with Crippen molar-refractivity contribution in [3.05, 3.63) is 62.9 Å². The molecule has 2 aromatic carbocycles. The topological polar surface area (TPSA) is 60.7 Å². The number of benzene rings is 2. The summed E-state index contributed by atoms with van der Waals surface area (Å²) in [6.07, 6.45) is 0. The quantitative estimate of drug-likeness (QED) is 0.569. The first kappa shape index (κ1) is 17.6. The number of hydrogen-bond acceptors (Lipinski definition) is 2. The van der Waals surface area contributed by atoms with E-state index in [-0.39, 0.29) is 15.4 Å². The van der Waals surface area contributed by atoms with Crippen molar-refractivity contribution in [3.63, 3.8) is 0 Å². The van der Waals surface area contributed by atoms with E-state index in [4.69, 9.17) is 23.8 Å². The van der Waals surface area contributed by atoms with Gasteiger partial charge in [0.05, 0.1) is 22.1 Å². The number of rotatable bonds is 3. The van der Waals surface area contributed by atoms with Crippen LogP contribution in [-0.2, 0) is 5.54 Å². The van der Waals surface area contributed by atoms with Crippen LogP contribution in [0.1, 0.15) is 29.8 Å². The number of aromatic amines is 2. The highest BCUT2D eigenvalue weighted by Gasteiger charge is 2.27. The Morgan fingerprint density at radius 2 is 1.88 bits per heavy atom. The van der Waals surface area contributed by atoms with E-state index in [1.54, 1.807) is 13.8 Å². The number of nitrogens with one attached hydrogen (secondary N) is 3. The third-order valence-corrected chi connectivity index (χ3v) is 4.38. The molecule has 1 aromatic heterocycles. The first-order chi connectivity index (χ1) is 11.7. The maximum absolute atomic E-state index is 13.8. The van der Waals surface area contributed by atoms with Crippen molar-refractivity contribution in [2.75, 3.05) is 0 Å². The largest absolute Gasteiger partial charge is 0.343 e. The first-order valence-electron chi connectivity index (χ1n) is 7.37. The summed E-state index contributed by atoms with van der Waals surface area (Å²) in [7, 11) is 0. The number of H-pyrrole nitrogens is 2. The van der Waals surface area contributed by atoms with Gasteiger partial charge in [0.1, 0.15) is 11.6 Å². The van der Waals surface area contributed by atoms with Gasteiger partial charge in [-0.1, -0.05) is 17.7 Å². The fourth-order valence-corrected chi connectivity index (χ4v) is 3.32. The molecule has 25 heavy (non-hydrogen) atoms. The molecule has 0 aliphatic heterocycles. The summed E-state index contributed by atoms with van der Waals surface area (Å²) in [6, 6.07) is 6.32. The fraction of sp³-hybridized carbons (Fsp3) is 0.176. The Morgan fingerprint density at radius 1 is 1.16 bits per heavy atom. The average molecular weight is 382 g/mol. The van der Waals surface area contributed by atoms with Crippen LogP contribution < -0.4 is 5.32 Å². The average Bonchev–Trinajstić information content (AvgIpc) is 2.85. The number of amides is 1. The van der Waals surface area contributed by atoms with E-state index in [0.717, 1.165) is 6.07 Å². The zero-order chi connectivity index (χ0) is 18.4. The summed E-state index contributed by atoms with van der Waals surface area (Å²) in [4.78, 5) is 18.3. The van der Waals surface area contributed by atoms with E-state index < -0.39 is 23.1 Å². The Labute approximate surface area is 152 Å². The molecule has 1 heterocycles. The predicted octanol–water partition coefficient (Wildman–Crippen LogP) is 4.82. The number of carbonyl (C=O) groups is 1. The highest BCUT2D eigenvalue weighted by Crippen LogP contribution is 2.29. The van der Waals surface area contributed by atoms with Gasteiger partial charge in [-0.3, -0.25) is 4.79 Å². The number of fused-ring (bicyclic) bond motifs is 1. The Morgan fingerprint density at radius 3 is 2.56 bits per heavy atom. The molecule has 0 aliphatic rings. The van der Waals surface area contributed by atoms with Gasteiger partial charge >= 0.3 is 0 Å². The van der Waals surface area contributed by atoms with Crippen LogP contribution in [0.2, 0.25) is 5.02 Å². The Hall–Kier alpha value is -2.25. The van der Waals surface area contributed by atoms with Crippen LogP contribution in [0.25, 0.3) is 11.0 Å². The molecule has 1 amide bonds. The van der Waals surface area contributed by atoms with E-state index in [1.165, 1.54) is 24.3 Å². The van der Waals surface area contributed by atoms with Gasteiger partial charge in [-0.15, -0.1) is 0 Å². The van der Waals surface area contributed by atoms with Crippen molar-refractivity contribution in [3.8, 4) is 0 Å². The number of halogens is 3. The van der Waals surface area contributed by atoms with Crippen LogP contribution in [0.15, 0.2) is 30.3 Å².